The molecule has 2 amide bonds. The molecular weight excluding hydrogens is 515 g/mol. The van der Waals surface area contributed by atoms with E-state index >= 15 is 0 Å². The van der Waals surface area contributed by atoms with Crippen molar-refractivity contribution >= 4 is 17.7 Å². The van der Waals surface area contributed by atoms with Gasteiger partial charge in [0.1, 0.15) is 17.2 Å². The number of primary amides is 1. The fourth-order valence-electron chi connectivity index (χ4n) is 4.65. The predicted molar refractivity (Wildman–Crippen MR) is 127 cm³/mol. The quantitative estimate of drug-likeness (QED) is 0.474. The predicted octanol–water partition coefficient (Wildman–Crippen LogP) is 4.56. The summed E-state index contributed by atoms with van der Waals surface area (Å²) in [7, 11) is 0. The number of ether oxygens (including phenoxy) is 2. The molecule has 1 aliphatic carbocycles. The Morgan fingerprint density at radius 3 is 2.47 bits per heavy atom. The second-order valence-corrected chi connectivity index (χ2v) is 9.90. The van der Waals surface area contributed by atoms with Crippen molar-refractivity contribution in [3.05, 3.63) is 41.6 Å². The Morgan fingerprint density at radius 2 is 1.89 bits per heavy atom. The van der Waals surface area contributed by atoms with E-state index in [1.54, 1.807) is 11.8 Å². The van der Waals surface area contributed by atoms with Crippen molar-refractivity contribution in [2.24, 2.45) is 11.7 Å². The van der Waals surface area contributed by atoms with Gasteiger partial charge in [-0.2, -0.15) is 13.2 Å². The number of hydrogen-bond donors (Lipinski definition) is 2. The highest BCUT2D eigenvalue weighted by atomic mass is 19.4. The molecule has 0 bridgehead atoms. The van der Waals surface area contributed by atoms with E-state index in [1.165, 1.54) is 0 Å². The molecule has 0 spiro atoms. The first-order chi connectivity index (χ1) is 17.7. The molecule has 38 heavy (non-hydrogen) atoms. The summed E-state index contributed by atoms with van der Waals surface area (Å²) in [5.74, 6) is -2.84. The number of halogens is 5. The van der Waals surface area contributed by atoms with Crippen molar-refractivity contribution in [2.75, 3.05) is 24.6 Å². The molecule has 2 aliphatic rings. The SMILES string of the molecule is CC(NC(=O)c1cnc(OCC(F)(F)F)c(-c2cc(F)cc(F)c2)c1N1CC[C@](C)(OC(N)=O)C1)C1CC1. The molecule has 1 saturated carbocycles. The Hall–Kier alpha value is -3.64. The van der Waals surface area contributed by atoms with Crippen molar-refractivity contribution in [1.82, 2.24) is 10.3 Å². The van der Waals surface area contributed by atoms with Crippen molar-refractivity contribution in [2.45, 2.75) is 50.9 Å². The van der Waals surface area contributed by atoms with Gasteiger partial charge in [0.25, 0.3) is 5.91 Å². The third kappa shape index (κ3) is 6.43. The van der Waals surface area contributed by atoms with E-state index in [0.29, 0.717) is 12.0 Å². The number of nitrogens with two attached hydrogens (primary N) is 1. The zero-order chi connectivity index (χ0) is 27.8. The standard InChI is InChI=1S/C25H27F5N4O4/c1-13(14-3-4-14)33-21(35)18-10-32-22(37-12-25(28,29)30)19(15-7-16(26)9-17(27)8-15)20(18)34-6-5-24(2,11-34)38-23(31)36/h7-10,13-14H,3-6,11-12H2,1-2H3,(H2,31,36)(H,33,35)/t13?,24-/m0/s1. The maximum atomic E-state index is 14.3. The molecule has 2 heterocycles. The number of alkyl halides is 3. The van der Waals surface area contributed by atoms with Gasteiger partial charge in [0.15, 0.2) is 6.61 Å². The van der Waals surface area contributed by atoms with Gasteiger partial charge in [0.05, 0.1) is 23.4 Å². The van der Waals surface area contributed by atoms with E-state index in [2.05, 4.69) is 10.3 Å². The van der Waals surface area contributed by atoms with Gasteiger partial charge in [-0.1, -0.05) is 0 Å². The van der Waals surface area contributed by atoms with Crippen molar-refractivity contribution < 1.29 is 41.0 Å². The molecule has 8 nitrogen and oxygen atoms in total. The number of nitrogens with zero attached hydrogens (tertiary/aromatic N) is 2. The molecule has 3 N–H and O–H groups in total. The molecule has 2 aromatic rings. The molecule has 2 atom stereocenters. The third-order valence-electron chi connectivity index (χ3n) is 6.57. The van der Waals surface area contributed by atoms with Crippen molar-refractivity contribution in [1.29, 1.82) is 0 Å². The third-order valence-corrected chi connectivity index (χ3v) is 6.57. The number of aromatic nitrogens is 1. The molecule has 0 radical (unpaired) electrons. The Morgan fingerprint density at radius 1 is 1.24 bits per heavy atom. The summed E-state index contributed by atoms with van der Waals surface area (Å²) in [5, 5.41) is 2.87. The van der Waals surface area contributed by atoms with Gasteiger partial charge in [-0.3, -0.25) is 4.79 Å². The minimum absolute atomic E-state index is 0.0120. The number of pyridine rings is 1. The van der Waals surface area contributed by atoms with Gasteiger partial charge >= 0.3 is 12.3 Å². The summed E-state index contributed by atoms with van der Waals surface area (Å²) in [6.07, 6.45) is -2.54. The zero-order valence-electron chi connectivity index (χ0n) is 20.7. The number of carbonyl (C=O) groups is 2. The molecule has 4 rings (SSSR count). The normalized spacial score (nSPS) is 20.2. The Balaban J connectivity index is 1.88. The second kappa shape index (κ2) is 10.3. The molecule has 206 valence electrons. The highest BCUT2D eigenvalue weighted by Crippen LogP contribution is 2.44. The molecule has 2 fully saturated rings. The molecular formula is C25H27F5N4O4. The van der Waals surface area contributed by atoms with E-state index in [1.807, 2.05) is 6.92 Å². The zero-order valence-corrected chi connectivity index (χ0v) is 20.7. The lowest BCUT2D eigenvalue weighted by atomic mass is 9.99. The summed E-state index contributed by atoms with van der Waals surface area (Å²) in [6, 6.07) is 2.24. The van der Waals surface area contributed by atoms with Crippen LogP contribution < -0.4 is 20.7 Å². The Labute approximate surface area is 215 Å². The van der Waals surface area contributed by atoms with E-state index < -0.39 is 47.9 Å². The maximum absolute atomic E-state index is 14.3. The summed E-state index contributed by atoms with van der Waals surface area (Å²) < 4.78 is 77.9. The van der Waals surface area contributed by atoms with Crippen LogP contribution in [0.4, 0.5) is 32.4 Å². The monoisotopic (exact) mass is 542 g/mol. The number of nitrogens with one attached hydrogen (secondary N) is 1. The summed E-state index contributed by atoms with van der Waals surface area (Å²) in [6.45, 7) is 1.88. The van der Waals surface area contributed by atoms with Gasteiger partial charge in [0, 0.05) is 31.3 Å². The van der Waals surface area contributed by atoms with E-state index in [9.17, 15) is 31.5 Å². The van der Waals surface area contributed by atoms with Crippen LogP contribution in [0.5, 0.6) is 5.88 Å². The summed E-state index contributed by atoms with van der Waals surface area (Å²) >= 11 is 0. The highest BCUT2D eigenvalue weighted by molar-refractivity contribution is 6.04. The van der Waals surface area contributed by atoms with Crippen LogP contribution in [0.2, 0.25) is 0 Å². The second-order valence-electron chi connectivity index (χ2n) is 9.90. The van der Waals surface area contributed by atoms with Crippen LogP contribution in [0.15, 0.2) is 24.4 Å². The highest BCUT2D eigenvalue weighted by Gasteiger charge is 2.41. The number of hydrogen-bond acceptors (Lipinski definition) is 6. The fraction of sp³-hybridized carbons (Fsp3) is 0.480. The number of benzene rings is 1. The van der Waals surface area contributed by atoms with Crippen LogP contribution >= 0.6 is 0 Å². The van der Waals surface area contributed by atoms with Gasteiger partial charge in [-0.25, -0.2) is 18.6 Å². The number of carbonyl (C=O) groups excluding carboxylic acids is 2. The fourth-order valence-corrected chi connectivity index (χ4v) is 4.65. The van der Waals surface area contributed by atoms with Crippen molar-refractivity contribution in [3.8, 4) is 17.0 Å². The molecule has 1 unspecified atom stereocenters. The topological polar surface area (TPSA) is 107 Å². The number of rotatable bonds is 8. The number of amides is 2. The van der Waals surface area contributed by atoms with Crippen LogP contribution in [-0.4, -0.2) is 54.5 Å². The molecule has 1 aromatic carbocycles. The van der Waals surface area contributed by atoms with Crippen LogP contribution in [-0.2, 0) is 4.74 Å². The minimum Gasteiger partial charge on any atom is -0.468 e. The van der Waals surface area contributed by atoms with Crippen LogP contribution in [0.3, 0.4) is 0 Å². The van der Waals surface area contributed by atoms with Crippen LogP contribution in [0.25, 0.3) is 11.1 Å². The first kappa shape index (κ1) is 27.4. The van der Waals surface area contributed by atoms with E-state index in [-0.39, 0.29) is 47.9 Å². The lowest BCUT2D eigenvalue weighted by Gasteiger charge is -2.29. The van der Waals surface area contributed by atoms with Gasteiger partial charge in [-0.05, 0) is 50.3 Å². The average Bonchev–Trinajstić information content (AvgIpc) is 3.58. The Kier molecular flexibility index (Phi) is 7.39. The minimum atomic E-state index is -4.73. The largest absolute Gasteiger partial charge is 0.468 e. The van der Waals surface area contributed by atoms with Crippen LogP contribution in [0.1, 0.15) is 43.5 Å². The Bertz CT molecular complexity index is 1220. The van der Waals surface area contributed by atoms with Crippen molar-refractivity contribution in [3.63, 3.8) is 0 Å². The smallest absolute Gasteiger partial charge is 0.422 e. The van der Waals surface area contributed by atoms with Gasteiger partial charge in [-0.15, -0.1) is 0 Å². The van der Waals surface area contributed by atoms with E-state index in [0.717, 1.165) is 31.2 Å². The average molecular weight is 543 g/mol. The van der Waals surface area contributed by atoms with Gasteiger partial charge < -0.3 is 25.4 Å². The number of anilines is 1. The lowest BCUT2D eigenvalue weighted by Crippen LogP contribution is -2.39. The lowest BCUT2D eigenvalue weighted by molar-refractivity contribution is -0.154. The summed E-state index contributed by atoms with van der Waals surface area (Å²) in [5.41, 5.74) is 3.72. The maximum Gasteiger partial charge on any atom is 0.422 e. The van der Waals surface area contributed by atoms with E-state index in [4.69, 9.17) is 15.2 Å². The molecule has 1 saturated heterocycles. The first-order valence-electron chi connectivity index (χ1n) is 12.0. The summed E-state index contributed by atoms with van der Waals surface area (Å²) in [4.78, 5) is 30.4. The first-order valence-corrected chi connectivity index (χ1v) is 12.0. The molecule has 1 aliphatic heterocycles. The van der Waals surface area contributed by atoms with Crippen LogP contribution in [0, 0.1) is 17.6 Å². The molecule has 1 aromatic heterocycles. The molecule has 13 heteroatoms. The van der Waals surface area contributed by atoms with Gasteiger partial charge in [0.2, 0.25) is 5.88 Å².